The number of carbonyl (C=O) groups is 3. The SMILES string of the molecule is CC(=O)N[C@@H]1[C@@H](O)C[C@](OC[C@H]2O[C@@H](Oc3ccc([N+](=O)[O-])cc3)[C@H](NC(C)=O)[C@@H](O[C@@H]3O[C@H](COS(=O)(=O)[O-])[C@H](O)[C@H](O)[C@H]3O)[C@@H]2O)(C(=O)[O-])O[C@H]1C(O)C(O)CO.[Na+].[Na+]. The van der Waals surface area contributed by atoms with Crippen molar-refractivity contribution >= 4 is 33.9 Å². The van der Waals surface area contributed by atoms with Crippen LogP contribution in [0.4, 0.5) is 5.69 Å². The van der Waals surface area contributed by atoms with E-state index >= 15 is 0 Å². The Morgan fingerprint density at radius 3 is 1.98 bits per heavy atom. The molecule has 3 aliphatic heterocycles. The van der Waals surface area contributed by atoms with Crippen molar-refractivity contribution in [1.29, 1.82) is 0 Å². The summed E-state index contributed by atoms with van der Waals surface area (Å²) in [6.45, 7) is -1.44. The van der Waals surface area contributed by atoms with Gasteiger partial charge >= 0.3 is 59.1 Å². The van der Waals surface area contributed by atoms with E-state index in [2.05, 4.69) is 14.8 Å². The Morgan fingerprint density at radius 2 is 1.46 bits per heavy atom. The molecule has 3 fully saturated rings. The summed E-state index contributed by atoms with van der Waals surface area (Å²) in [5.74, 6) is -7.11. The molecule has 1 aromatic carbocycles. The number of ether oxygens (including phenoxy) is 6. The van der Waals surface area contributed by atoms with Crippen LogP contribution in [0.3, 0.4) is 0 Å². The third-order valence-corrected chi connectivity index (χ3v) is 9.76. The van der Waals surface area contributed by atoms with E-state index in [9.17, 15) is 83.4 Å². The number of benzene rings is 1. The smallest absolute Gasteiger partial charge is 0.726 e. The minimum Gasteiger partial charge on any atom is -0.726 e. The minimum atomic E-state index is -5.38. The van der Waals surface area contributed by atoms with Gasteiger partial charge in [-0.1, -0.05) is 0 Å². The van der Waals surface area contributed by atoms with E-state index in [1.165, 1.54) is 0 Å². The first-order valence-corrected chi connectivity index (χ1v) is 18.7. The molecule has 4 rings (SSSR count). The molecule has 3 saturated heterocycles. The molecule has 3 aliphatic rings. The second kappa shape index (κ2) is 23.4. The summed E-state index contributed by atoms with van der Waals surface area (Å²) in [7, 11) is -5.38. The third-order valence-electron chi connectivity index (χ3n) is 9.33. The molecule has 2 amide bonds. The summed E-state index contributed by atoms with van der Waals surface area (Å²) in [6.07, 6.45) is -27.6. The van der Waals surface area contributed by atoms with Crippen molar-refractivity contribution in [2.45, 2.75) is 118 Å². The number of nitro groups is 1. The number of nitro benzene ring substituents is 1. The number of amides is 2. The van der Waals surface area contributed by atoms with Gasteiger partial charge in [0, 0.05) is 32.4 Å². The topological polar surface area (TPSA) is 425 Å². The van der Waals surface area contributed by atoms with Gasteiger partial charge in [0.2, 0.25) is 34.3 Å². The number of carbonyl (C=O) groups excluding carboxylic acids is 3. The zero-order chi connectivity index (χ0) is 44.1. The van der Waals surface area contributed by atoms with Crippen LogP contribution in [0.25, 0.3) is 0 Å². The van der Waals surface area contributed by atoms with E-state index in [1.807, 2.05) is 0 Å². The molecule has 27 nitrogen and oxygen atoms in total. The van der Waals surface area contributed by atoms with Gasteiger partial charge in [-0.3, -0.25) is 23.9 Å². The van der Waals surface area contributed by atoms with Crippen LogP contribution in [0.2, 0.25) is 0 Å². The van der Waals surface area contributed by atoms with Gasteiger partial charge in [-0.15, -0.1) is 0 Å². The van der Waals surface area contributed by atoms with Crippen molar-refractivity contribution in [3.63, 3.8) is 0 Å². The summed E-state index contributed by atoms with van der Waals surface area (Å²) in [6, 6.07) is 0.913. The average molecular weight is 920 g/mol. The molecular formula is C31H43N3Na2O24S. The molecule has 0 saturated carbocycles. The standard InChI is InChI=1S/C31H45N3O24S.2Na/c1-11(36)32-19-15(38)7-31(30(45)46,58-27(19)21(40)16(39)8-35)52-9-17-23(42)26(57-29-25(44)24(43)22(41)18(56-29)10-53-59(49,50)51)20(33-12(2)37)28(55-17)54-14-5-3-13(4-6-14)34(47)48;;/h3-6,15-29,35,38-44H,7-10H2,1-2H3,(H,32,36)(H,33,37)(H,45,46)(H,49,50,51);;/q;2*+1/p-2/t15-,16?,17+,18+,19+,20+,21?,22-,23+,24-,25+,26+,27+,28+,29-,31+;;/m0../s1. The first-order valence-electron chi connectivity index (χ1n) is 17.4. The Hall–Kier alpha value is -1.82. The minimum absolute atomic E-state index is 0. The monoisotopic (exact) mass is 919 g/mol. The number of hydrogen-bond donors (Lipinski definition) is 10. The van der Waals surface area contributed by atoms with E-state index in [0.29, 0.717) is 0 Å². The van der Waals surface area contributed by atoms with Gasteiger partial charge in [-0.05, 0) is 12.1 Å². The summed E-state index contributed by atoms with van der Waals surface area (Å²) < 4.78 is 71.3. The van der Waals surface area contributed by atoms with Crippen molar-refractivity contribution in [3.05, 3.63) is 34.4 Å². The molecule has 10 N–H and O–H groups in total. The quantitative estimate of drug-likeness (QED) is 0.0228. The van der Waals surface area contributed by atoms with Crippen LogP contribution in [-0.4, -0.2) is 194 Å². The van der Waals surface area contributed by atoms with E-state index in [1.54, 1.807) is 0 Å². The number of aliphatic hydroxyl groups is 8. The number of aliphatic hydroxyl groups excluding tert-OH is 8. The van der Waals surface area contributed by atoms with Gasteiger partial charge in [-0.25, -0.2) is 8.42 Å². The molecule has 334 valence electrons. The summed E-state index contributed by atoms with van der Waals surface area (Å²) in [5, 5.41) is 113. The van der Waals surface area contributed by atoms with E-state index in [4.69, 9.17) is 28.4 Å². The second-order valence-electron chi connectivity index (χ2n) is 13.6. The molecule has 0 radical (unpaired) electrons. The molecule has 30 heteroatoms. The fraction of sp³-hybridized carbons (Fsp3) is 0.710. The van der Waals surface area contributed by atoms with Crippen LogP contribution < -0.4 is 79.6 Å². The average Bonchev–Trinajstić information content (AvgIpc) is 3.15. The molecule has 61 heavy (non-hydrogen) atoms. The third kappa shape index (κ3) is 14.1. The van der Waals surface area contributed by atoms with Crippen molar-refractivity contribution in [1.82, 2.24) is 10.6 Å². The van der Waals surface area contributed by atoms with Crippen molar-refractivity contribution < 1.29 is 170 Å². The molecule has 2 unspecified atom stereocenters. The van der Waals surface area contributed by atoms with Gasteiger partial charge < -0.3 is 94.4 Å². The number of hydrogen-bond acceptors (Lipinski definition) is 24. The molecule has 0 bridgehead atoms. The Bertz CT molecular complexity index is 1750. The Labute approximate surface area is 389 Å². The van der Waals surface area contributed by atoms with Crippen LogP contribution in [0.15, 0.2) is 24.3 Å². The van der Waals surface area contributed by atoms with E-state index in [0.717, 1.165) is 38.1 Å². The molecule has 0 aliphatic carbocycles. The molecular weight excluding hydrogens is 876 g/mol. The van der Waals surface area contributed by atoms with Gasteiger partial charge in [-0.2, -0.15) is 0 Å². The number of nitrogens with zero attached hydrogens (tertiary/aromatic N) is 1. The predicted octanol–water partition coefficient (Wildman–Crippen LogP) is -13.9. The maximum absolute atomic E-state index is 12.7. The zero-order valence-corrected chi connectivity index (χ0v) is 37.6. The normalized spacial score (nSPS) is 35.0. The Morgan fingerprint density at radius 1 is 0.902 bits per heavy atom. The molecule has 0 aromatic heterocycles. The fourth-order valence-electron chi connectivity index (χ4n) is 6.44. The fourth-order valence-corrected chi connectivity index (χ4v) is 6.74. The van der Waals surface area contributed by atoms with Crippen molar-refractivity contribution in [2.75, 3.05) is 19.8 Å². The number of non-ortho nitro benzene ring substituents is 1. The van der Waals surface area contributed by atoms with E-state index < -0.39 is 157 Å². The van der Waals surface area contributed by atoms with Gasteiger partial charge in [0.25, 0.3) is 5.69 Å². The van der Waals surface area contributed by atoms with E-state index in [-0.39, 0.29) is 70.6 Å². The number of rotatable bonds is 17. The first-order chi connectivity index (χ1) is 27.5. The summed E-state index contributed by atoms with van der Waals surface area (Å²) in [5.41, 5.74) is -0.381. The summed E-state index contributed by atoms with van der Waals surface area (Å²) >= 11 is 0. The largest absolute Gasteiger partial charge is 1.00 e. The van der Waals surface area contributed by atoms with Crippen molar-refractivity contribution in [3.8, 4) is 5.75 Å². The number of carboxylic acid groups (broad SMARTS) is 1. The Kier molecular flexibility index (Phi) is 21.2. The van der Waals surface area contributed by atoms with Crippen LogP contribution in [0, 0.1) is 10.1 Å². The van der Waals surface area contributed by atoms with Gasteiger partial charge in [0.15, 0.2) is 6.29 Å². The molecule has 0 spiro atoms. The molecule has 1 aromatic rings. The van der Waals surface area contributed by atoms with Gasteiger partial charge in [0.05, 0.1) is 36.9 Å². The maximum atomic E-state index is 12.7. The zero-order valence-electron chi connectivity index (χ0n) is 32.8. The number of nitrogens with one attached hydrogen (secondary N) is 2. The number of carboxylic acids is 1. The van der Waals surface area contributed by atoms with Crippen LogP contribution >= 0.6 is 0 Å². The van der Waals surface area contributed by atoms with Crippen LogP contribution in [0.5, 0.6) is 5.75 Å². The first kappa shape index (κ1) is 55.3. The van der Waals surface area contributed by atoms with Crippen molar-refractivity contribution in [2.24, 2.45) is 0 Å². The number of aliphatic carboxylic acids is 1. The Balaban J connectivity index is 0.00000641. The summed E-state index contributed by atoms with van der Waals surface area (Å²) in [4.78, 5) is 47.5. The molecule has 16 atom stereocenters. The van der Waals surface area contributed by atoms with Crippen LogP contribution in [-0.2, 0) is 52.7 Å². The predicted molar refractivity (Wildman–Crippen MR) is 179 cm³/mol. The van der Waals surface area contributed by atoms with Crippen LogP contribution in [0.1, 0.15) is 20.3 Å². The maximum Gasteiger partial charge on any atom is 1.00 e. The molecule has 3 heterocycles. The second-order valence-corrected chi connectivity index (χ2v) is 14.7. The van der Waals surface area contributed by atoms with Gasteiger partial charge in [0.1, 0.15) is 78.8 Å².